The van der Waals surface area contributed by atoms with Crippen LogP contribution in [0.15, 0.2) is 22.7 Å². The van der Waals surface area contributed by atoms with Crippen molar-refractivity contribution in [3.63, 3.8) is 0 Å². The van der Waals surface area contributed by atoms with Crippen molar-refractivity contribution in [2.45, 2.75) is 19.3 Å². The van der Waals surface area contributed by atoms with Crippen LogP contribution in [-0.4, -0.2) is 36.5 Å². The molecule has 6 heteroatoms. The van der Waals surface area contributed by atoms with Crippen molar-refractivity contribution in [1.82, 2.24) is 4.90 Å². The number of ether oxygens (including phenoxy) is 1. The maximum Gasteiger partial charge on any atom is 0.339 e. The minimum atomic E-state index is -0.547. The Balaban J connectivity index is 1.91. The van der Waals surface area contributed by atoms with Crippen LogP contribution in [0.5, 0.6) is 0 Å². The highest BCUT2D eigenvalue weighted by atomic mass is 79.9. The summed E-state index contributed by atoms with van der Waals surface area (Å²) in [5, 5.41) is 0. The van der Waals surface area contributed by atoms with E-state index in [0.717, 1.165) is 32.4 Å². The third-order valence-corrected chi connectivity index (χ3v) is 4.17. The van der Waals surface area contributed by atoms with Gasteiger partial charge in [-0.3, -0.25) is 4.79 Å². The van der Waals surface area contributed by atoms with Gasteiger partial charge in [-0.25, -0.2) is 4.79 Å². The number of carbonyl (C=O) groups is 2. The smallest absolute Gasteiger partial charge is 0.339 e. The number of piperidine rings is 1. The summed E-state index contributed by atoms with van der Waals surface area (Å²) in [6.45, 7) is 1.27. The normalized spacial score (nSPS) is 14.9. The number of hydrogen-bond donors (Lipinski definition) is 1. The molecule has 0 bridgehead atoms. The fraction of sp³-hybridized carbons (Fsp3) is 0.429. The summed E-state index contributed by atoms with van der Waals surface area (Å²) >= 11 is 3.24. The first-order valence-corrected chi connectivity index (χ1v) is 7.38. The molecule has 0 atom stereocenters. The van der Waals surface area contributed by atoms with E-state index < -0.39 is 5.97 Å². The van der Waals surface area contributed by atoms with Crippen molar-refractivity contribution >= 4 is 33.5 Å². The monoisotopic (exact) mass is 340 g/mol. The molecule has 1 saturated heterocycles. The van der Waals surface area contributed by atoms with Gasteiger partial charge < -0.3 is 15.4 Å². The number of nitrogens with two attached hydrogens (primary N) is 1. The largest absolute Gasteiger partial charge is 0.452 e. The summed E-state index contributed by atoms with van der Waals surface area (Å²) in [6, 6.07) is 4.96. The molecule has 0 aliphatic carbocycles. The van der Waals surface area contributed by atoms with Crippen molar-refractivity contribution in [2.24, 2.45) is 0 Å². The minimum absolute atomic E-state index is 0.141. The molecule has 2 rings (SSSR count). The summed E-state index contributed by atoms with van der Waals surface area (Å²) in [5.41, 5.74) is 6.49. The minimum Gasteiger partial charge on any atom is -0.452 e. The van der Waals surface area contributed by atoms with Crippen LogP contribution in [0.1, 0.15) is 29.6 Å². The second-order valence-electron chi connectivity index (χ2n) is 4.73. The zero-order valence-electron chi connectivity index (χ0n) is 11.1. The van der Waals surface area contributed by atoms with Crippen molar-refractivity contribution < 1.29 is 14.3 Å². The maximum absolute atomic E-state index is 11.9. The predicted molar refractivity (Wildman–Crippen MR) is 79.3 cm³/mol. The van der Waals surface area contributed by atoms with Crippen LogP contribution in [-0.2, 0) is 9.53 Å². The third-order valence-electron chi connectivity index (χ3n) is 3.28. The summed E-state index contributed by atoms with van der Waals surface area (Å²) in [5.74, 6) is -0.687. The number of carbonyl (C=O) groups excluding carboxylic acids is 2. The Morgan fingerprint density at radius 2 is 1.95 bits per heavy atom. The van der Waals surface area contributed by atoms with Crippen LogP contribution < -0.4 is 5.73 Å². The SMILES string of the molecule is Nc1cccc(C(=O)OCC(=O)N2CCCCC2)c1Br. The average molecular weight is 341 g/mol. The van der Waals surface area contributed by atoms with E-state index >= 15 is 0 Å². The zero-order valence-corrected chi connectivity index (χ0v) is 12.7. The molecule has 0 saturated carbocycles. The van der Waals surface area contributed by atoms with Gasteiger partial charge in [-0.2, -0.15) is 0 Å². The first-order chi connectivity index (χ1) is 9.59. The maximum atomic E-state index is 11.9. The van der Waals surface area contributed by atoms with Gasteiger partial charge in [0.2, 0.25) is 0 Å². The molecule has 1 heterocycles. The number of benzene rings is 1. The highest BCUT2D eigenvalue weighted by Crippen LogP contribution is 2.24. The number of esters is 1. The molecule has 0 radical (unpaired) electrons. The van der Waals surface area contributed by atoms with Crippen LogP contribution in [0.4, 0.5) is 5.69 Å². The van der Waals surface area contributed by atoms with E-state index in [9.17, 15) is 9.59 Å². The zero-order chi connectivity index (χ0) is 14.5. The molecule has 1 aliphatic heterocycles. The first kappa shape index (κ1) is 14.8. The van der Waals surface area contributed by atoms with Gasteiger partial charge in [0.1, 0.15) is 0 Å². The van der Waals surface area contributed by atoms with Gasteiger partial charge in [-0.15, -0.1) is 0 Å². The number of hydrogen-bond acceptors (Lipinski definition) is 4. The molecular formula is C14H17BrN2O3. The molecule has 0 spiro atoms. The predicted octanol–water partition coefficient (Wildman–Crippen LogP) is 2.20. The number of likely N-dealkylation sites (tertiary alicyclic amines) is 1. The molecule has 0 unspecified atom stereocenters. The third kappa shape index (κ3) is 3.50. The Labute approximate surface area is 126 Å². The van der Waals surface area contributed by atoms with Gasteiger partial charge in [-0.1, -0.05) is 6.07 Å². The molecule has 1 amide bonds. The molecular weight excluding hydrogens is 324 g/mol. The molecule has 1 fully saturated rings. The summed E-state index contributed by atoms with van der Waals surface area (Å²) in [7, 11) is 0. The Bertz CT molecular complexity index is 513. The molecule has 1 aromatic rings. The highest BCUT2D eigenvalue weighted by molar-refractivity contribution is 9.10. The molecule has 5 nitrogen and oxygen atoms in total. The second kappa shape index (κ2) is 6.74. The number of anilines is 1. The van der Waals surface area contributed by atoms with Crippen molar-refractivity contribution in [1.29, 1.82) is 0 Å². The van der Waals surface area contributed by atoms with E-state index in [1.165, 1.54) is 0 Å². The fourth-order valence-corrected chi connectivity index (χ4v) is 2.57. The Morgan fingerprint density at radius 1 is 1.25 bits per heavy atom. The number of rotatable bonds is 3. The van der Waals surface area contributed by atoms with Crippen molar-refractivity contribution in [3.8, 4) is 0 Å². The molecule has 20 heavy (non-hydrogen) atoms. The quantitative estimate of drug-likeness (QED) is 0.676. The molecule has 108 valence electrons. The van der Waals surface area contributed by atoms with E-state index in [0.29, 0.717) is 15.7 Å². The first-order valence-electron chi connectivity index (χ1n) is 6.58. The topological polar surface area (TPSA) is 72.6 Å². The lowest BCUT2D eigenvalue weighted by molar-refractivity contribution is -0.135. The van der Waals surface area contributed by atoms with Crippen LogP contribution in [0.3, 0.4) is 0 Å². The van der Waals surface area contributed by atoms with Crippen LogP contribution >= 0.6 is 15.9 Å². The van der Waals surface area contributed by atoms with Crippen LogP contribution in [0.25, 0.3) is 0 Å². The summed E-state index contributed by atoms with van der Waals surface area (Å²) in [6.07, 6.45) is 3.18. The molecule has 0 aromatic heterocycles. The standard InChI is InChI=1S/C14H17BrN2O3/c15-13-10(5-4-6-11(13)16)14(19)20-9-12(18)17-7-2-1-3-8-17/h4-6H,1-3,7-9,16H2. The van der Waals surface area contributed by atoms with Gasteiger partial charge in [0, 0.05) is 18.8 Å². The van der Waals surface area contributed by atoms with Gasteiger partial charge in [0.05, 0.1) is 10.0 Å². The Morgan fingerprint density at radius 3 is 2.65 bits per heavy atom. The van der Waals surface area contributed by atoms with Crippen LogP contribution in [0, 0.1) is 0 Å². The van der Waals surface area contributed by atoms with E-state index in [1.54, 1.807) is 23.1 Å². The number of nitrogen functional groups attached to an aromatic ring is 1. The van der Waals surface area contributed by atoms with Gasteiger partial charge in [-0.05, 0) is 47.3 Å². The average Bonchev–Trinajstić information content (AvgIpc) is 2.48. The van der Waals surface area contributed by atoms with E-state index in [2.05, 4.69) is 15.9 Å². The van der Waals surface area contributed by atoms with Gasteiger partial charge >= 0.3 is 5.97 Å². The lowest BCUT2D eigenvalue weighted by Crippen LogP contribution is -2.38. The number of nitrogens with zero attached hydrogens (tertiary/aromatic N) is 1. The number of amides is 1. The second-order valence-corrected chi connectivity index (χ2v) is 5.52. The van der Waals surface area contributed by atoms with Crippen LogP contribution in [0.2, 0.25) is 0 Å². The highest BCUT2D eigenvalue weighted by Gasteiger charge is 2.19. The lowest BCUT2D eigenvalue weighted by atomic mass is 10.1. The molecule has 1 aliphatic rings. The van der Waals surface area contributed by atoms with E-state index in [4.69, 9.17) is 10.5 Å². The number of halogens is 1. The summed E-state index contributed by atoms with van der Waals surface area (Å²) < 4.78 is 5.56. The van der Waals surface area contributed by atoms with Gasteiger partial charge in [0.25, 0.3) is 5.91 Å². The molecule has 1 aromatic carbocycles. The Hall–Kier alpha value is -1.56. The lowest BCUT2D eigenvalue weighted by Gasteiger charge is -2.26. The van der Waals surface area contributed by atoms with Gasteiger partial charge in [0.15, 0.2) is 6.61 Å². The fourth-order valence-electron chi connectivity index (χ4n) is 2.15. The van der Waals surface area contributed by atoms with Crippen molar-refractivity contribution in [3.05, 3.63) is 28.2 Å². The van der Waals surface area contributed by atoms with Crippen molar-refractivity contribution in [2.75, 3.05) is 25.4 Å². The summed E-state index contributed by atoms with van der Waals surface area (Å²) in [4.78, 5) is 25.6. The Kier molecular flexibility index (Phi) is 5.00. The van der Waals surface area contributed by atoms with E-state index in [1.807, 2.05) is 0 Å². The van der Waals surface area contributed by atoms with E-state index in [-0.39, 0.29) is 12.5 Å². The molecule has 2 N–H and O–H groups in total.